The Balaban J connectivity index is 1.26. The normalized spacial score (nSPS) is 11.3. The maximum Gasteiger partial charge on any atom is 0.326 e. The van der Waals surface area contributed by atoms with Crippen LogP contribution in [0.2, 0.25) is 0 Å². The number of urea groups is 1. The molecule has 5 aromatic carbocycles. The summed E-state index contributed by atoms with van der Waals surface area (Å²) in [6, 6.07) is 37.6. The summed E-state index contributed by atoms with van der Waals surface area (Å²) in [7, 11) is 5.64. The van der Waals surface area contributed by atoms with Crippen LogP contribution in [0.25, 0.3) is 11.1 Å². The molecule has 3 N–H and O–H groups in total. The molecule has 2 amide bonds. The van der Waals surface area contributed by atoms with Gasteiger partial charge < -0.3 is 20.6 Å². The van der Waals surface area contributed by atoms with E-state index >= 15 is 0 Å². The second-order valence-corrected chi connectivity index (χ2v) is 11.2. The standard InChI is InChI=1S/C38H36N4O4/c1-41(2)31-22-20-30(21-23-31)39-38(46)42(3)32-13-9-12-29(25-32)27-18-16-26(17-19-27)24-35(37(44)45)40-34-15-8-7-14-33(34)36(43)28-10-5-4-6-11-28/h4-23,25,35,40H,24H2,1-3H3,(H,39,46)(H,44,45)/t35-/m0/s1. The van der Waals surface area contributed by atoms with Crippen molar-refractivity contribution in [2.75, 3.05) is 41.6 Å². The monoisotopic (exact) mass is 612 g/mol. The summed E-state index contributed by atoms with van der Waals surface area (Å²) in [5.41, 5.74) is 6.55. The van der Waals surface area contributed by atoms with Crippen molar-refractivity contribution in [3.05, 3.63) is 144 Å². The summed E-state index contributed by atoms with van der Waals surface area (Å²) < 4.78 is 0. The second kappa shape index (κ2) is 14.3. The average Bonchev–Trinajstić information content (AvgIpc) is 3.08. The molecule has 0 aliphatic heterocycles. The largest absolute Gasteiger partial charge is 0.480 e. The molecular weight excluding hydrogens is 576 g/mol. The molecule has 5 rings (SSSR count). The number of amides is 2. The first-order valence-electron chi connectivity index (χ1n) is 14.9. The van der Waals surface area contributed by atoms with Crippen LogP contribution < -0.4 is 20.4 Å². The number of hydrogen-bond donors (Lipinski definition) is 3. The molecule has 0 bridgehead atoms. The number of ketones is 1. The molecule has 46 heavy (non-hydrogen) atoms. The third-order valence-electron chi connectivity index (χ3n) is 7.74. The first kappa shape index (κ1) is 31.5. The number of carbonyl (C=O) groups excluding carboxylic acids is 2. The van der Waals surface area contributed by atoms with E-state index in [1.54, 1.807) is 60.5 Å². The highest BCUT2D eigenvalue weighted by Gasteiger charge is 2.21. The van der Waals surface area contributed by atoms with Crippen LogP contribution in [-0.2, 0) is 11.2 Å². The highest BCUT2D eigenvalue weighted by molar-refractivity contribution is 6.12. The van der Waals surface area contributed by atoms with E-state index in [0.717, 1.165) is 28.1 Å². The Morgan fingerprint density at radius 3 is 2.04 bits per heavy atom. The van der Waals surface area contributed by atoms with E-state index in [0.29, 0.717) is 22.5 Å². The maximum absolute atomic E-state index is 13.2. The van der Waals surface area contributed by atoms with E-state index in [9.17, 15) is 19.5 Å². The SMILES string of the molecule is CN(C)c1ccc(NC(=O)N(C)c2cccc(-c3ccc(C[C@H](Nc4ccccc4C(=O)c4ccccc4)C(=O)O)cc3)c2)cc1. The summed E-state index contributed by atoms with van der Waals surface area (Å²) >= 11 is 0. The lowest BCUT2D eigenvalue weighted by molar-refractivity contribution is -0.137. The molecule has 0 fully saturated rings. The second-order valence-electron chi connectivity index (χ2n) is 11.2. The molecule has 0 heterocycles. The predicted octanol–water partition coefficient (Wildman–Crippen LogP) is 7.43. The van der Waals surface area contributed by atoms with E-state index < -0.39 is 12.0 Å². The first-order valence-corrected chi connectivity index (χ1v) is 14.9. The number of aliphatic carboxylic acids is 1. The molecule has 0 aromatic heterocycles. The zero-order valence-electron chi connectivity index (χ0n) is 26.0. The topological polar surface area (TPSA) is 102 Å². The molecule has 0 unspecified atom stereocenters. The smallest absolute Gasteiger partial charge is 0.326 e. The third-order valence-corrected chi connectivity index (χ3v) is 7.74. The lowest BCUT2D eigenvalue weighted by atomic mass is 9.98. The molecule has 0 aliphatic carbocycles. The number of hydrogen-bond acceptors (Lipinski definition) is 5. The Morgan fingerprint density at radius 2 is 1.37 bits per heavy atom. The van der Waals surface area contributed by atoms with Crippen LogP contribution in [0.15, 0.2) is 127 Å². The van der Waals surface area contributed by atoms with Crippen molar-refractivity contribution in [2.24, 2.45) is 0 Å². The highest BCUT2D eigenvalue weighted by atomic mass is 16.4. The van der Waals surface area contributed by atoms with Crippen LogP contribution in [0.1, 0.15) is 21.5 Å². The van der Waals surface area contributed by atoms with Crippen LogP contribution in [0, 0.1) is 0 Å². The van der Waals surface area contributed by atoms with E-state index in [-0.39, 0.29) is 18.2 Å². The summed E-state index contributed by atoms with van der Waals surface area (Å²) in [6.07, 6.45) is 0.210. The Hall–Kier alpha value is -5.89. The van der Waals surface area contributed by atoms with Crippen molar-refractivity contribution >= 4 is 40.5 Å². The van der Waals surface area contributed by atoms with Gasteiger partial charge in [0.2, 0.25) is 0 Å². The Labute approximate surface area is 268 Å². The van der Waals surface area contributed by atoms with Crippen molar-refractivity contribution in [2.45, 2.75) is 12.5 Å². The van der Waals surface area contributed by atoms with Crippen molar-refractivity contribution in [3.8, 4) is 11.1 Å². The molecule has 8 heteroatoms. The van der Waals surface area contributed by atoms with Gasteiger partial charge in [0.25, 0.3) is 0 Å². The zero-order valence-corrected chi connectivity index (χ0v) is 26.0. The van der Waals surface area contributed by atoms with E-state index in [1.165, 1.54) is 0 Å². The van der Waals surface area contributed by atoms with Crippen LogP contribution in [-0.4, -0.2) is 50.1 Å². The predicted molar refractivity (Wildman–Crippen MR) is 185 cm³/mol. The first-order chi connectivity index (χ1) is 22.2. The fourth-order valence-electron chi connectivity index (χ4n) is 5.07. The summed E-state index contributed by atoms with van der Waals surface area (Å²) in [6.45, 7) is 0. The van der Waals surface area contributed by atoms with Crippen molar-refractivity contribution in [1.29, 1.82) is 0 Å². The Kier molecular flexibility index (Phi) is 9.78. The third kappa shape index (κ3) is 7.60. The molecule has 0 aliphatic rings. The molecule has 8 nitrogen and oxygen atoms in total. The van der Waals surface area contributed by atoms with Crippen LogP contribution in [0.5, 0.6) is 0 Å². The van der Waals surface area contributed by atoms with Crippen molar-refractivity contribution in [3.63, 3.8) is 0 Å². The number of carboxylic acid groups (broad SMARTS) is 1. The van der Waals surface area contributed by atoms with Gasteiger partial charge >= 0.3 is 12.0 Å². The van der Waals surface area contributed by atoms with Crippen molar-refractivity contribution in [1.82, 2.24) is 0 Å². The van der Waals surface area contributed by atoms with Gasteiger partial charge in [-0.25, -0.2) is 9.59 Å². The fourth-order valence-corrected chi connectivity index (χ4v) is 5.07. The van der Waals surface area contributed by atoms with Gasteiger partial charge in [-0.1, -0.05) is 78.9 Å². The minimum Gasteiger partial charge on any atom is -0.480 e. The minimum absolute atomic E-state index is 0.179. The summed E-state index contributed by atoms with van der Waals surface area (Å²) in [5.74, 6) is -1.20. The molecular formula is C38H36N4O4. The van der Waals surface area contributed by atoms with Gasteiger partial charge in [-0.3, -0.25) is 9.69 Å². The number of benzene rings is 5. The Morgan fingerprint density at radius 1 is 0.696 bits per heavy atom. The molecule has 1 atom stereocenters. The van der Waals surface area contributed by atoms with Gasteiger partial charge in [0.05, 0.1) is 0 Å². The zero-order chi connectivity index (χ0) is 32.6. The molecule has 5 aromatic rings. The fraction of sp³-hybridized carbons (Fsp3) is 0.132. The minimum atomic E-state index is -1.02. The van der Waals surface area contributed by atoms with Crippen molar-refractivity contribution < 1.29 is 19.5 Å². The molecule has 0 saturated heterocycles. The van der Waals surface area contributed by atoms with Gasteiger partial charge in [-0.2, -0.15) is 0 Å². The highest BCUT2D eigenvalue weighted by Crippen LogP contribution is 2.27. The number of para-hydroxylation sites is 1. The van der Waals surface area contributed by atoms with Gasteiger partial charge in [0.15, 0.2) is 5.78 Å². The summed E-state index contributed by atoms with van der Waals surface area (Å²) in [5, 5.41) is 16.1. The molecule has 0 spiro atoms. The number of carboxylic acids is 1. The van der Waals surface area contributed by atoms with Gasteiger partial charge in [0.1, 0.15) is 6.04 Å². The van der Waals surface area contributed by atoms with Crippen LogP contribution in [0.3, 0.4) is 0 Å². The molecule has 0 saturated carbocycles. The number of nitrogens with zero attached hydrogens (tertiary/aromatic N) is 2. The summed E-state index contributed by atoms with van der Waals surface area (Å²) in [4.78, 5) is 42.0. The van der Waals surface area contributed by atoms with Gasteiger partial charge in [0, 0.05) is 61.4 Å². The lowest BCUT2D eigenvalue weighted by Gasteiger charge is -2.20. The number of carbonyl (C=O) groups is 3. The Bertz CT molecular complexity index is 1820. The molecule has 232 valence electrons. The average molecular weight is 613 g/mol. The van der Waals surface area contributed by atoms with E-state index in [2.05, 4.69) is 10.6 Å². The van der Waals surface area contributed by atoms with E-state index in [1.807, 2.05) is 97.9 Å². The number of nitrogens with one attached hydrogen (secondary N) is 2. The molecule has 0 radical (unpaired) electrons. The number of anilines is 4. The maximum atomic E-state index is 13.2. The lowest BCUT2D eigenvalue weighted by Crippen LogP contribution is -2.32. The van der Waals surface area contributed by atoms with Crippen LogP contribution in [0.4, 0.5) is 27.5 Å². The van der Waals surface area contributed by atoms with Gasteiger partial charge in [-0.05, 0) is 65.2 Å². The van der Waals surface area contributed by atoms with Gasteiger partial charge in [-0.15, -0.1) is 0 Å². The van der Waals surface area contributed by atoms with E-state index in [4.69, 9.17) is 0 Å². The number of rotatable bonds is 11. The quantitative estimate of drug-likeness (QED) is 0.134. The van der Waals surface area contributed by atoms with Crippen LogP contribution >= 0.6 is 0 Å².